The molecular formula is C22H29N3O4. The van der Waals surface area contributed by atoms with Gasteiger partial charge in [-0.1, -0.05) is 12.1 Å². The molecule has 5 rings (SSSR count). The summed E-state index contributed by atoms with van der Waals surface area (Å²) >= 11 is 0. The number of hydrogen-bond donors (Lipinski definition) is 2. The zero-order valence-corrected chi connectivity index (χ0v) is 16.9. The molecule has 0 saturated heterocycles. The number of carbonyl (C=O) groups excluding carboxylic acids is 2. The maximum Gasteiger partial charge on any atom is 0.269 e. The summed E-state index contributed by atoms with van der Waals surface area (Å²) in [5.41, 5.74) is 0.498. The molecule has 4 aliphatic rings. The van der Waals surface area contributed by atoms with Crippen LogP contribution in [0.25, 0.3) is 0 Å². The molecule has 1 atom stereocenters. The summed E-state index contributed by atoms with van der Waals surface area (Å²) in [7, 11) is 0. The van der Waals surface area contributed by atoms with Gasteiger partial charge < -0.3 is 10.6 Å². The van der Waals surface area contributed by atoms with E-state index in [0.29, 0.717) is 29.9 Å². The average Bonchev–Trinajstić information content (AvgIpc) is 2.67. The van der Waals surface area contributed by atoms with Crippen molar-refractivity contribution >= 4 is 17.5 Å². The number of carbonyl (C=O) groups is 2. The summed E-state index contributed by atoms with van der Waals surface area (Å²) in [5.74, 6) is 2.11. The largest absolute Gasteiger partial charge is 0.355 e. The van der Waals surface area contributed by atoms with Gasteiger partial charge in [0.2, 0.25) is 11.8 Å². The van der Waals surface area contributed by atoms with Crippen molar-refractivity contribution in [3.63, 3.8) is 0 Å². The second-order valence-electron chi connectivity index (χ2n) is 9.35. The van der Waals surface area contributed by atoms with Crippen molar-refractivity contribution in [1.82, 2.24) is 10.6 Å². The molecule has 4 aliphatic carbocycles. The van der Waals surface area contributed by atoms with Crippen LogP contribution >= 0.6 is 0 Å². The van der Waals surface area contributed by atoms with E-state index in [-0.39, 0.29) is 35.4 Å². The first kappa shape index (κ1) is 19.9. The zero-order valence-electron chi connectivity index (χ0n) is 16.9. The molecule has 0 radical (unpaired) electrons. The van der Waals surface area contributed by atoms with Crippen molar-refractivity contribution in [2.75, 3.05) is 6.54 Å². The molecule has 156 valence electrons. The second kappa shape index (κ2) is 7.76. The monoisotopic (exact) mass is 399 g/mol. The van der Waals surface area contributed by atoms with Crippen LogP contribution in [0.4, 0.5) is 5.69 Å². The van der Waals surface area contributed by atoms with E-state index in [1.54, 1.807) is 19.1 Å². The third-order valence-electron chi connectivity index (χ3n) is 7.12. The summed E-state index contributed by atoms with van der Waals surface area (Å²) in [6, 6.07) is 5.94. The molecule has 0 aliphatic heterocycles. The van der Waals surface area contributed by atoms with Crippen LogP contribution in [-0.4, -0.2) is 23.3 Å². The molecule has 4 bridgehead atoms. The fraction of sp³-hybridized carbons (Fsp3) is 0.636. The molecular weight excluding hydrogens is 370 g/mol. The Kier molecular flexibility index (Phi) is 5.32. The molecule has 0 heterocycles. The molecule has 4 fully saturated rings. The van der Waals surface area contributed by atoms with Crippen LogP contribution in [0.3, 0.4) is 0 Å². The van der Waals surface area contributed by atoms with Gasteiger partial charge in [-0.2, -0.15) is 0 Å². The molecule has 0 aromatic heterocycles. The second-order valence-corrected chi connectivity index (χ2v) is 9.35. The quantitative estimate of drug-likeness (QED) is 0.541. The van der Waals surface area contributed by atoms with Crippen LogP contribution in [0.5, 0.6) is 0 Å². The Hall–Kier alpha value is -2.44. The van der Waals surface area contributed by atoms with Gasteiger partial charge in [0.25, 0.3) is 5.69 Å². The average molecular weight is 399 g/mol. The maximum absolute atomic E-state index is 12.9. The molecule has 1 aromatic rings. The van der Waals surface area contributed by atoms with E-state index in [2.05, 4.69) is 10.6 Å². The zero-order chi connectivity index (χ0) is 20.6. The van der Waals surface area contributed by atoms with E-state index in [0.717, 1.165) is 19.3 Å². The van der Waals surface area contributed by atoms with Crippen LogP contribution in [-0.2, 0) is 9.59 Å². The molecule has 1 aromatic carbocycles. The number of hydrogen-bond acceptors (Lipinski definition) is 4. The van der Waals surface area contributed by atoms with Gasteiger partial charge >= 0.3 is 0 Å². The van der Waals surface area contributed by atoms with Crippen molar-refractivity contribution < 1.29 is 14.5 Å². The predicted octanol–water partition coefficient (Wildman–Crippen LogP) is 3.49. The van der Waals surface area contributed by atoms with E-state index < -0.39 is 4.92 Å². The van der Waals surface area contributed by atoms with Gasteiger partial charge in [-0.25, -0.2) is 0 Å². The number of rotatable bonds is 7. The van der Waals surface area contributed by atoms with Gasteiger partial charge in [0.05, 0.1) is 11.0 Å². The lowest BCUT2D eigenvalue weighted by molar-refractivity contribution is -0.384. The van der Waals surface area contributed by atoms with E-state index in [1.807, 2.05) is 0 Å². The smallest absolute Gasteiger partial charge is 0.269 e. The lowest BCUT2D eigenvalue weighted by Crippen LogP contribution is -2.53. The minimum atomic E-state index is -0.446. The Morgan fingerprint density at radius 2 is 1.79 bits per heavy atom. The number of benzene rings is 1. The third kappa shape index (κ3) is 4.14. The van der Waals surface area contributed by atoms with Gasteiger partial charge in [-0.3, -0.25) is 19.7 Å². The molecule has 29 heavy (non-hydrogen) atoms. The van der Waals surface area contributed by atoms with E-state index >= 15 is 0 Å². The minimum Gasteiger partial charge on any atom is -0.355 e. The van der Waals surface area contributed by atoms with Crippen molar-refractivity contribution in [2.24, 2.45) is 23.2 Å². The molecule has 2 amide bonds. The Labute approximate surface area is 170 Å². The maximum atomic E-state index is 12.9. The Morgan fingerprint density at radius 1 is 1.17 bits per heavy atom. The number of nitrogens with zero attached hydrogens (tertiary/aromatic N) is 1. The van der Waals surface area contributed by atoms with Crippen LogP contribution in [0, 0.1) is 33.3 Å². The Bertz CT molecular complexity index is 787. The normalized spacial score (nSPS) is 30.6. The molecule has 4 saturated carbocycles. The van der Waals surface area contributed by atoms with Crippen molar-refractivity contribution in [1.29, 1.82) is 0 Å². The summed E-state index contributed by atoms with van der Waals surface area (Å²) in [6.07, 6.45) is 7.14. The first-order valence-corrected chi connectivity index (χ1v) is 10.7. The van der Waals surface area contributed by atoms with Gasteiger partial charge in [0, 0.05) is 30.5 Å². The van der Waals surface area contributed by atoms with Crippen molar-refractivity contribution in [2.45, 2.75) is 57.9 Å². The summed E-state index contributed by atoms with van der Waals surface area (Å²) in [6.45, 7) is 2.12. The van der Waals surface area contributed by atoms with Crippen LogP contribution in [0.2, 0.25) is 0 Å². The number of nitro groups is 1. The van der Waals surface area contributed by atoms with E-state index in [9.17, 15) is 19.7 Å². The molecule has 1 unspecified atom stereocenters. The minimum absolute atomic E-state index is 0.00596. The van der Waals surface area contributed by atoms with Crippen molar-refractivity contribution in [3.05, 3.63) is 39.9 Å². The summed E-state index contributed by atoms with van der Waals surface area (Å²) in [4.78, 5) is 35.7. The molecule has 7 heteroatoms. The highest BCUT2D eigenvalue weighted by atomic mass is 16.6. The first-order chi connectivity index (χ1) is 13.8. The van der Waals surface area contributed by atoms with Crippen LogP contribution in [0.1, 0.15) is 63.5 Å². The van der Waals surface area contributed by atoms with Gasteiger partial charge in [-0.05, 0) is 68.8 Å². The lowest BCUT2D eigenvalue weighted by atomic mass is 9.49. The SMILES string of the molecule is CC(NC(=O)CCNC(=O)C12CC3CC(CC(C3)C1)C2)c1cccc([N+](=O)[O-])c1. The summed E-state index contributed by atoms with van der Waals surface area (Å²) < 4.78 is 0. The predicted molar refractivity (Wildman–Crippen MR) is 108 cm³/mol. The van der Waals surface area contributed by atoms with Crippen molar-refractivity contribution in [3.8, 4) is 0 Å². The molecule has 7 nitrogen and oxygen atoms in total. The number of non-ortho nitro benzene ring substituents is 1. The third-order valence-corrected chi connectivity index (χ3v) is 7.12. The topological polar surface area (TPSA) is 101 Å². The first-order valence-electron chi connectivity index (χ1n) is 10.7. The highest BCUT2D eigenvalue weighted by Gasteiger charge is 2.54. The lowest BCUT2D eigenvalue weighted by Gasteiger charge is -2.55. The number of amides is 2. The van der Waals surface area contributed by atoms with Crippen LogP contribution < -0.4 is 10.6 Å². The highest BCUT2D eigenvalue weighted by molar-refractivity contribution is 5.84. The molecule has 2 N–H and O–H groups in total. The number of nitro benzene ring substituents is 1. The summed E-state index contributed by atoms with van der Waals surface area (Å²) in [5, 5.41) is 16.8. The standard InChI is InChI=1S/C22H29N3O4/c1-14(18-3-2-4-19(10-18)25(28)29)24-20(26)5-6-23-21(27)22-11-15-7-16(12-22)9-17(8-15)13-22/h2-4,10,14-17H,5-9,11-13H2,1H3,(H,23,27)(H,24,26). The fourth-order valence-electron chi connectivity index (χ4n) is 6.17. The molecule has 0 spiro atoms. The van der Waals surface area contributed by atoms with E-state index in [4.69, 9.17) is 0 Å². The Balaban J connectivity index is 1.25. The van der Waals surface area contributed by atoms with Crippen LogP contribution in [0.15, 0.2) is 24.3 Å². The van der Waals surface area contributed by atoms with Gasteiger partial charge in [-0.15, -0.1) is 0 Å². The van der Waals surface area contributed by atoms with Gasteiger partial charge in [0.1, 0.15) is 0 Å². The van der Waals surface area contributed by atoms with Gasteiger partial charge in [0.15, 0.2) is 0 Å². The fourth-order valence-corrected chi connectivity index (χ4v) is 6.17. The number of nitrogens with one attached hydrogen (secondary N) is 2. The Morgan fingerprint density at radius 3 is 2.38 bits per heavy atom. The highest BCUT2D eigenvalue weighted by Crippen LogP contribution is 2.60. The van der Waals surface area contributed by atoms with E-state index in [1.165, 1.54) is 31.4 Å².